The Hall–Kier alpha value is -1.30. The molecule has 1 atom stereocenters. The SMILES string of the molecule is CCCCCCCCCCCCCCOC(=O)NCCCC[C@H](N)C(=O)O. The molecule has 0 heterocycles. The number of carboxylic acid groups (broad SMARTS) is 1. The van der Waals surface area contributed by atoms with Crippen molar-refractivity contribution >= 4 is 12.1 Å². The van der Waals surface area contributed by atoms with E-state index in [9.17, 15) is 9.59 Å². The highest BCUT2D eigenvalue weighted by molar-refractivity contribution is 5.72. The van der Waals surface area contributed by atoms with Gasteiger partial charge < -0.3 is 20.9 Å². The Morgan fingerprint density at radius 1 is 0.852 bits per heavy atom. The van der Waals surface area contributed by atoms with Crippen LogP contribution >= 0.6 is 0 Å². The van der Waals surface area contributed by atoms with Gasteiger partial charge in [-0.3, -0.25) is 4.79 Å². The molecule has 6 heteroatoms. The van der Waals surface area contributed by atoms with E-state index in [4.69, 9.17) is 15.6 Å². The molecule has 0 aliphatic carbocycles. The lowest BCUT2D eigenvalue weighted by atomic mass is 10.1. The predicted octanol–water partition coefficient (Wildman–Crippen LogP) is 5.00. The van der Waals surface area contributed by atoms with Gasteiger partial charge in [0, 0.05) is 6.54 Å². The predicted molar refractivity (Wildman–Crippen MR) is 110 cm³/mol. The van der Waals surface area contributed by atoms with Gasteiger partial charge in [-0.05, 0) is 25.7 Å². The van der Waals surface area contributed by atoms with Gasteiger partial charge in [-0.2, -0.15) is 0 Å². The lowest BCUT2D eigenvalue weighted by Gasteiger charge is -2.08. The van der Waals surface area contributed by atoms with Crippen molar-refractivity contribution in [2.75, 3.05) is 13.2 Å². The topological polar surface area (TPSA) is 102 Å². The summed E-state index contributed by atoms with van der Waals surface area (Å²) in [4.78, 5) is 22.1. The highest BCUT2D eigenvalue weighted by Crippen LogP contribution is 2.11. The zero-order valence-corrected chi connectivity index (χ0v) is 17.3. The van der Waals surface area contributed by atoms with Crippen LogP contribution in [0, 0.1) is 0 Å². The first-order valence-electron chi connectivity index (χ1n) is 11.0. The molecule has 0 unspecified atom stereocenters. The molecule has 0 aromatic rings. The summed E-state index contributed by atoms with van der Waals surface area (Å²) in [5, 5.41) is 11.3. The second-order valence-corrected chi connectivity index (χ2v) is 7.39. The maximum Gasteiger partial charge on any atom is 0.407 e. The monoisotopic (exact) mass is 386 g/mol. The Labute approximate surface area is 165 Å². The van der Waals surface area contributed by atoms with Crippen molar-refractivity contribution < 1.29 is 19.4 Å². The number of carbonyl (C=O) groups is 2. The number of aliphatic carboxylic acids is 1. The molecule has 6 nitrogen and oxygen atoms in total. The van der Waals surface area contributed by atoms with Crippen LogP contribution < -0.4 is 11.1 Å². The van der Waals surface area contributed by atoms with E-state index >= 15 is 0 Å². The van der Waals surface area contributed by atoms with Crippen molar-refractivity contribution in [2.45, 2.75) is 109 Å². The zero-order valence-electron chi connectivity index (χ0n) is 17.3. The van der Waals surface area contributed by atoms with Crippen LogP contribution in [0.3, 0.4) is 0 Å². The smallest absolute Gasteiger partial charge is 0.407 e. The fourth-order valence-electron chi connectivity index (χ4n) is 2.96. The highest BCUT2D eigenvalue weighted by Gasteiger charge is 2.10. The first-order valence-corrected chi connectivity index (χ1v) is 11.0. The highest BCUT2D eigenvalue weighted by atomic mass is 16.5. The molecular formula is C21H42N2O4. The van der Waals surface area contributed by atoms with Crippen LogP contribution in [0.25, 0.3) is 0 Å². The standard InChI is InChI=1S/C21H42N2O4/c1-2-3-4-5-6-7-8-9-10-11-12-15-18-27-21(26)23-17-14-13-16-19(22)20(24)25/h19H,2-18,22H2,1H3,(H,23,26)(H,24,25)/t19-/m0/s1. The van der Waals surface area contributed by atoms with E-state index in [2.05, 4.69) is 12.2 Å². The fourth-order valence-corrected chi connectivity index (χ4v) is 2.96. The van der Waals surface area contributed by atoms with Crippen LogP contribution in [0.2, 0.25) is 0 Å². The molecule has 160 valence electrons. The summed E-state index contributed by atoms with van der Waals surface area (Å²) in [6.07, 6.45) is 16.8. The molecule has 0 aliphatic rings. The first kappa shape index (κ1) is 25.7. The number of hydrogen-bond donors (Lipinski definition) is 3. The van der Waals surface area contributed by atoms with Crippen molar-refractivity contribution in [1.29, 1.82) is 0 Å². The molecule has 1 amide bonds. The number of amides is 1. The molecule has 0 rings (SSSR count). The Bertz CT molecular complexity index is 364. The lowest BCUT2D eigenvalue weighted by molar-refractivity contribution is -0.138. The first-order chi connectivity index (χ1) is 13.1. The van der Waals surface area contributed by atoms with Gasteiger partial charge in [-0.1, -0.05) is 77.6 Å². The summed E-state index contributed by atoms with van der Waals surface area (Å²) in [6.45, 7) is 3.21. The van der Waals surface area contributed by atoms with Crippen LogP contribution in [-0.2, 0) is 9.53 Å². The maximum atomic E-state index is 11.5. The van der Waals surface area contributed by atoms with Gasteiger partial charge in [0.25, 0.3) is 0 Å². The van der Waals surface area contributed by atoms with E-state index < -0.39 is 12.0 Å². The van der Waals surface area contributed by atoms with Gasteiger partial charge in [0.1, 0.15) is 6.04 Å². The van der Waals surface area contributed by atoms with E-state index in [0.29, 0.717) is 32.4 Å². The number of alkyl carbamates (subject to hydrolysis) is 1. The number of unbranched alkanes of at least 4 members (excludes halogenated alkanes) is 12. The normalized spacial score (nSPS) is 11.9. The van der Waals surface area contributed by atoms with Gasteiger partial charge in [-0.25, -0.2) is 4.79 Å². The van der Waals surface area contributed by atoms with Crippen molar-refractivity contribution in [2.24, 2.45) is 5.73 Å². The van der Waals surface area contributed by atoms with Crippen LogP contribution in [0.1, 0.15) is 103 Å². The van der Waals surface area contributed by atoms with Gasteiger partial charge in [0.15, 0.2) is 0 Å². The van der Waals surface area contributed by atoms with E-state index in [1.54, 1.807) is 0 Å². The number of hydrogen-bond acceptors (Lipinski definition) is 4. The number of carboxylic acids is 1. The third kappa shape index (κ3) is 19.3. The second-order valence-electron chi connectivity index (χ2n) is 7.39. The molecule has 0 bridgehead atoms. The average molecular weight is 387 g/mol. The van der Waals surface area contributed by atoms with Crippen molar-refractivity contribution in [3.63, 3.8) is 0 Å². The lowest BCUT2D eigenvalue weighted by Crippen LogP contribution is -2.30. The van der Waals surface area contributed by atoms with Gasteiger partial charge in [-0.15, -0.1) is 0 Å². The second kappa shape index (κ2) is 19.5. The summed E-state index contributed by atoms with van der Waals surface area (Å²) in [5.74, 6) is -0.982. The Morgan fingerprint density at radius 3 is 1.89 bits per heavy atom. The maximum absolute atomic E-state index is 11.5. The molecule has 0 aliphatic heterocycles. The minimum absolute atomic E-state index is 0.388. The number of ether oxygens (including phenoxy) is 1. The molecule has 0 saturated carbocycles. The summed E-state index contributed by atoms with van der Waals surface area (Å²) in [5.41, 5.74) is 5.41. The van der Waals surface area contributed by atoms with E-state index in [-0.39, 0.29) is 6.09 Å². The number of nitrogens with two attached hydrogens (primary N) is 1. The summed E-state index contributed by atoms with van der Waals surface area (Å²) in [6, 6.07) is -0.817. The van der Waals surface area contributed by atoms with Crippen molar-refractivity contribution in [1.82, 2.24) is 5.32 Å². The number of carbonyl (C=O) groups excluding carboxylic acids is 1. The minimum atomic E-state index is -0.982. The molecule has 0 fully saturated rings. The quantitative estimate of drug-likeness (QED) is 0.271. The summed E-state index contributed by atoms with van der Waals surface area (Å²) in [7, 11) is 0. The van der Waals surface area contributed by atoms with Crippen molar-refractivity contribution in [3.8, 4) is 0 Å². The Kier molecular flexibility index (Phi) is 18.5. The van der Waals surface area contributed by atoms with Gasteiger partial charge >= 0.3 is 12.1 Å². The molecule has 0 aromatic carbocycles. The largest absolute Gasteiger partial charge is 0.480 e. The number of nitrogens with one attached hydrogen (secondary N) is 1. The molecule has 0 radical (unpaired) electrons. The molecule has 0 saturated heterocycles. The van der Waals surface area contributed by atoms with Gasteiger partial charge in [0.05, 0.1) is 6.61 Å². The zero-order chi connectivity index (χ0) is 20.2. The molecule has 27 heavy (non-hydrogen) atoms. The molecule has 0 spiro atoms. The average Bonchev–Trinajstić information content (AvgIpc) is 2.64. The molecular weight excluding hydrogens is 344 g/mol. The minimum Gasteiger partial charge on any atom is -0.480 e. The van der Waals surface area contributed by atoms with Crippen LogP contribution in [0.4, 0.5) is 4.79 Å². The fraction of sp³-hybridized carbons (Fsp3) is 0.905. The third-order valence-corrected chi connectivity index (χ3v) is 4.76. The summed E-state index contributed by atoms with van der Waals surface area (Å²) >= 11 is 0. The summed E-state index contributed by atoms with van der Waals surface area (Å²) < 4.78 is 5.13. The van der Waals surface area contributed by atoms with E-state index in [1.807, 2.05) is 0 Å². The van der Waals surface area contributed by atoms with E-state index in [1.165, 1.54) is 64.2 Å². The van der Waals surface area contributed by atoms with Crippen molar-refractivity contribution in [3.05, 3.63) is 0 Å². The molecule has 0 aromatic heterocycles. The van der Waals surface area contributed by atoms with Crippen LogP contribution in [0.15, 0.2) is 0 Å². The molecule has 4 N–H and O–H groups in total. The van der Waals surface area contributed by atoms with Crippen LogP contribution in [-0.4, -0.2) is 36.4 Å². The Morgan fingerprint density at radius 2 is 1.37 bits per heavy atom. The Balaban J connectivity index is 3.22. The van der Waals surface area contributed by atoms with Crippen LogP contribution in [0.5, 0.6) is 0 Å². The van der Waals surface area contributed by atoms with Gasteiger partial charge in [0.2, 0.25) is 0 Å². The van der Waals surface area contributed by atoms with E-state index in [0.717, 1.165) is 12.8 Å². The number of rotatable bonds is 19. The third-order valence-electron chi connectivity index (χ3n) is 4.76.